The van der Waals surface area contributed by atoms with Crippen LogP contribution in [0.1, 0.15) is 10.4 Å². The van der Waals surface area contributed by atoms with Crippen LogP contribution in [0.5, 0.6) is 0 Å². The third-order valence-electron chi connectivity index (χ3n) is 3.61. The molecule has 0 aliphatic heterocycles. The maximum Gasteiger partial charge on any atom is 0.337 e. The molecule has 0 saturated heterocycles. The van der Waals surface area contributed by atoms with E-state index in [9.17, 15) is 9.59 Å². The van der Waals surface area contributed by atoms with Gasteiger partial charge in [-0.1, -0.05) is 30.3 Å². The molecule has 4 aromatic rings. The fourth-order valence-electron chi connectivity index (χ4n) is 2.47. The van der Waals surface area contributed by atoms with E-state index in [1.54, 1.807) is 6.07 Å². The number of aromatic nitrogens is 2. The highest BCUT2D eigenvalue weighted by atomic mass is 32.1. The zero-order valence-electron chi connectivity index (χ0n) is 11.8. The lowest BCUT2D eigenvalue weighted by Gasteiger charge is -2.01. The van der Waals surface area contributed by atoms with Gasteiger partial charge in [0.15, 0.2) is 0 Å². The quantitative estimate of drug-likeness (QED) is 0.615. The van der Waals surface area contributed by atoms with Crippen molar-refractivity contribution in [3.8, 4) is 10.4 Å². The van der Waals surface area contributed by atoms with Gasteiger partial charge in [-0.2, -0.15) is 0 Å². The second kappa shape index (κ2) is 5.03. The minimum Gasteiger partial charge on any atom is -0.478 e. The van der Waals surface area contributed by atoms with E-state index in [1.165, 1.54) is 28.0 Å². The number of fused-ring (bicyclic) bond motifs is 2. The van der Waals surface area contributed by atoms with Gasteiger partial charge in [0.2, 0.25) is 0 Å². The molecule has 0 bridgehead atoms. The molecule has 0 aliphatic carbocycles. The Labute approximate surface area is 134 Å². The monoisotopic (exact) mass is 322 g/mol. The van der Waals surface area contributed by atoms with Gasteiger partial charge in [-0.05, 0) is 23.8 Å². The number of carboxylic acids is 1. The largest absolute Gasteiger partial charge is 0.478 e. The van der Waals surface area contributed by atoms with E-state index in [-0.39, 0.29) is 11.1 Å². The number of hydrogen-bond donors (Lipinski definition) is 1. The molecule has 6 heteroatoms. The molecule has 1 N–H and O–H groups in total. The standard InChI is InChI=1S/C17H10N2O3S/c20-16-12-8-13(10-4-2-1-3-5-10)23-15(12)18-14-7-6-11(17(21)22)9-19(14)16/h1-9H,(H,21,22). The maximum atomic E-state index is 12.6. The molecule has 4 rings (SSSR count). The summed E-state index contributed by atoms with van der Waals surface area (Å²) in [7, 11) is 0. The molecule has 0 atom stereocenters. The number of pyridine rings is 1. The Kier molecular flexibility index (Phi) is 2.99. The Morgan fingerprint density at radius 3 is 2.65 bits per heavy atom. The first-order valence-corrected chi connectivity index (χ1v) is 7.70. The van der Waals surface area contributed by atoms with Gasteiger partial charge >= 0.3 is 5.97 Å². The minimum atomic E-state index is -1.07. The van der Waals surface area contributed by atoms with E-state index in [4.69, 9.17) is 5.11 Å². The molecule has 0 amide bonds. The summed E-state index contributed by atoms with van der Waals surface area (Å²) in [5.74, 6) is -1.07. The van der Waals surface area contributed by atoms with Gasteiger partial charge < -0.3 is 5.11 Å². The molecule has 112 valence electrons. The van der Waals surface area contributed by atoms with Crippen molar-refractivity contribution in [3.63, 3.8) is 0 Å². The third kappa shape index (κ3) is 2.20. The first-order valence-electron chi connectivity index (χ1n) is 6.88. The van der Waals surface area contributed by atoms with Gasteiger partial charge in [0.25, 0.3) is 5.56 Å². The Hall–Kier alpha value is -2.99. The summed E-state index contributed by atoms with van der Waals surface area (Å²) in [5.41, 5.74) is 1.26. The molecule has 0 spiro atoms. The predicted octanol–water partition coefficient (Wildman–Crippen LogP) is 3.27. The molecule has 1 aromatic carbocycles. The smallest absolute Gasteiger partial charge is 0.337 e. The summed E-state index contributed by atoms with van der Waals surface area (Å²) in [6.45, 7) is 0. The van der Waals surface area contributed by atoms with Gasteiger partial charge in [0.1, 0.15) is 10.5 Å². The zero-order chi connectivity index (χ0) is 16.0. The van der Waals surface area contributed by atoms with Crippen LogP contribution in [0.3, 0.4) is 0 Å². The molecule has 0 aliphatic rings. The first-order chi connectivity index (χ1) is 11.1. The fourth-order valence-corrected chi connectivity index (χ4v) is 3.50. The van der Waals surface area contributed by atoms with Crippen molar-refractivity contribution < 1.29 is 9.90 Å². The van der Waals surface area contributed by atoms with Crippen LogP contribution in [0.2, 0.25) is 0 Å². The van der Waals surface area contributed by atoms with E-state index < -0.39 is 5.97 Å². The van der Waals surface area contributed by atoms with E-state index in [1.807, 2.05) is 36.4 Å². The number of carboxylic acid groups (broad SMARTS) is 1. The number of hydrogen-bond acceptors (Lipinski definition) is 4. The lowest BCUT2D eigenvalue weighted by Crippen LogP contribution is -2.15. The Morgan fingerprint density at radius 2 is 1.91 bits per heavy atom. The molecule has 0 saturated carbocycles. The summed E-state index contributed by atoms with van der Waals surface area (Å²) in [6.07, 6.45) is 1.31. The van der Waals surface area contributed by atoms with Crippen molar-refractivity contribution >= 4 is 33.2 Å². The molecule has 3 aromatic heterocycles. The van der Waals surface area contributed by atoms with E-state index >= 15 is 0 Å². The average Bonchev–Trinajstić information content (AvgIpc) is 3.00. The van der Waals surface area contributed by atoms with Crippen molar-refractivity contribution in [3.05, 3.63) is 70.6 Å². The summed E-state index contributed by atoms with van der Waals surface area (Å²) in [5, 5.41) is 9.56. The van der Waals surface area contributed by atoms with Gasteiger partial charge in [-0.25, -0.2) is 9.78 Å². The SMILES string of the molecule is O=C(O)c1ccc2nc3sc(-c4ccccc4)cc3c(=O)n2c1. The summed E-state index contributed by atoms with van der Waals surface area (Å²) >= 11 is 1.45. The van der Waals surface area contributed by atoms with E-state index in [2.05, 4.69) is 4.98 Å². The normalized spacial score (nSPS) is 11.1. The van der Waals surface area contributed by atoms with Crippen LogP contribution in [-0.2, 0) is 0 Å². The minimum absolute atomic E-state index is 0.0549. The van der Waals surface area contributed by atoms with Crippen LogP contribution in [0.4, 0.5) is 0 Å². The van der Waals surface area contributed by atoms with Crippen LogP contribution in [0, 0.1) is 0 Å². The lowest BCUT2D eigenvalue weighted by atomic mass is 10.2. The second-order valence-electron chi connectivity index (χ2n) is 5.06. The van der Waals surface area contributed by atoms with Gasteiger partial charge in [0.05, 0.1) is 10.9 Å². The number of aromatic carboxylic acids is 1. The van der Waals surface area contributed by atoms with Crippen molar-refractivity contribution in [2.45, 2.75) is 0 Å². The van der Waals surface area contributed by atoms with Crippen LogP contribution in [0.25, 0.3) is 26.3 Å². The highest BCUT2D eigenvalue weighted by molar-refractivity contribution is 7.21. The Bertz CT molecular complexity index is 1110. The summed E-state index contributed by atoms with van der Waals surface area (Å²) in [6, 6.07) is 14.6. The van der Waals surface area contributed by atoms with Crippen LogP contribution < -0.4 is 5.56 Å². The van der Waals surface area contributed by atoms with Crippen LogP contribution in [0.15, 0.2) is 59.5 Å². The van der Waals surface area contributed by atoms with Crippen molar-refractivity contribution in [1.82, 2.24) is 9.38 Å². The average molecular weight is 322 g/mol. The predicted molar refractivity (Wildman–Crippen MR) is 89.2 cm³/mol. The molecule has 3 heterocycles. The lowest BCUT2D eigenvalue weighted by molar-refractivity contribution is 0.0696. The molecule has 0 unspecified atom stereocenters. The maximum absolute atomic E-state index is 12.6. The zero-order valence-corrected chi connectivity index (χ0v) is 12.6. The highest BCUT2D eigenvalue weighted by Crippen LogP contribution is 2.31. The first kappa shape index (κ1) is 13.7. The molecular weight excluding hydrogens is 312 g/mol. The number of carbonyl (C=O) groups is 1. The Balaban J connectivity index is 2.01. The molecule has 0 fully saturated rings. The Morgan fingerprint density at radius 1 is 1.13 bits per heavy atom. The molecular formula is C17H10N2O3S. The fraction of sp³-hybridized carbons (Fsp3) is 0. The van der Waals surface area contributed by atoms with Crippen molar-refractivity contribution in [1.29, 1.82) is 0 Å². The van der Waals surface area contributed by atoms with E-state index in [0.717, 1.165) is 10.4 Å². The molecule has 5 nitrogen and oxygen atoms in total. The number of nitrogens with zero attached hydrogens (tertiary/aromatic N) is 2. The highest BCUT2D eigenvalue weighted by Gasteiger charge is 2.12. The number of rotatable bonds is 2. The summed E-state index contributed by atoms with van der Waals surface area (Å²) < 4.78 is 1.28. The van der Waals surface area contributed by atoms with Crippen molar-refractivity contribution in [2.24, 2.45) is 0 Å². The third-order valence-corrected chi connectivity index (χ3v) is 4.69. The number of benzene rings is 1. The second-order valence-corrected chi connectivity index (χ2v) is 6.09. The number of thiophene rings is 1. The van der Waals surface area contributed by atoms with Gasteiger partial charge in [-0.3, -0.25) is 9.20 Å². The van der Waals surface area contributed by atoms with Gasteiger partial charge in [0, 0.05) is 11.1 Å². The van der Waals surface area contributed by atoms with Crippen molar-refractivity contribution in [2.75, 3.05) is 0 Å². The topological polar surface area (TPSA) is 71.7 Å². The van der Waals surface area contributed by atoms with E-state index in [0.29, 0.717) is 15.9 Å². The molecule has 23 heavy (non-hydrogen) atoms. The molecule has 0 radical (unpaired) electrons. The summed E-state index contributed by atoms with van der Waals surface area (Å²) in [4.78, 5) is 29.8. The van der Waals surface area contributed by atoms with Crippen LogP contribution >= 0.6 is 11.3 Å². The van der Waals surface area contributed by atoms with Gasteiger partial charge in [-0.15, -0.1) is 11.3 Å². The van der Waals surface area contributed by atoms with Crippen LogP contribution in [-0.4, -0.2) is 20.5 Å².